The molecular weight excluding hydrogens is 420 g/mol. The van der Waals surface area contributed by atoms with E-state index < -0.39 is 0 Å². The van der Waals surface area contributed by atoms with Crippen molar-refractivity contribution in [2.75, 3.05) is 13.2 Å². The lowest BCUT2D eigenvalue weighted by Crippen LogP contribution is -2.15. The highest BCUT2D eigenvalue weighted by Gasteiger charge is 2.31. The normalized spacial score (nSPS) is 15.6. The highest BCUT2D eigenvalue weighted by atomic mass is 35.5. The summed E-state index contributed by atoms with van der Waals surface area (Å²) >= 11 is 8.07. The maximum atomic E-state index is 6.40. The van der Waals surface area contributed by atoms with Crippen molar-refractivity contribution in [1.29, 1.82) is 0 Å². The second kappa shape index (κ2) is 7.25. The van der Waals surface area contributed by atoms with E-state index in [0.29, 0.717) is 35.8 Å². The smallest absolute Gasteiger partial charge is 0.192 e. The van der Waals surface area contributed by atoms with Gasteiger partial charge >= 0.3 is 0 Å². The molecule has 1 aliphatic heterocycles. The van der Waals surface area contributed by atoms with Crippen molar-refractivity contribution < 1.29 is 9.47 Å². The Bertz CT molecular complexity index is 1250. The summed E-state index contributed by atoms with van der Waals surface area (Å²) in [4.78, 5) is 3.35. The number of aromatic nitrogens is 4. The molecule has 6 rings (SSSR count). The van der Waals surface area contributed by atoms with Crippen LogP contribution in [0.15, 0.2) is 47.8 Å². The fourth-order valence-electron chi connectivity index (χ4n) is 3.87. The molecule has 0 saturated heterocycles. The fourth-order valence-corrected chi connectivity index (χ4v) is 5.10. The molecule has 6 nitrogen and oxygen atoms in total. The van der Waals surface area contributed by atoms with Crippen LogP contribution in [0.5, 0.6) is 11.5 Å². The van der Waals surface area contributed by atoms with Crippen molar-refractivity contribution in [2.24, 2.45) is 0 Å². The standard InChI is InChI=1S/C22H19ClN4O2S/c23-17-9-13(10-19-20(17)29-8-7-28-19)12-30-22-26-25-21(27(22)14-5-6-14)16-11-24-18-4-2-1-3-15(16)18/h1-4,9-11,14,24H,5-8,12H2. The maximum absolute atomic E-state index is 6.40. The van der Waals surface area contributed by atoms with Crippen LogP contribution in [-0.2, 0) is 5.75 Å². The van der Waals surface area contributed by atoms with Crippen molar-refractivity contribution in [3.8, 4) is 22.9 Å². The average molecular weight is 439 g/mol. The number of nitrogens with one attached hydrogen (secondary N) is 1. The Morgan fingerprint density at radius 2 is 2.00 bits per heavy atom. The molecule has 1 saturated carbocycles. The number of nitrogens with zero attached hydrogens (tertiary/aromatic N) is 3. The first-order valence-electron chi connectivity index (χ1n) is 10.00. The van der Waals surface area contributed by atoms with E-state index in [2.05, 4.69) is 37.9 Å². The van der Waals surface area contributed by atoms with Gasteiger partial charge < -0.3 is 14.5 Å². The summed E-state index contributed by atoms with van der Waals surface area (Å²) in [5, 5.41) is 11.8. The Labute approximate surface area is 182 Å². The predicted molar refractivity (Wildman–Crippen MR) is 118 cm³/mol. The molecule has 0 bridgehead atoms. The Morgan fingerprint density at radius 1 is 1.13 bits per heavy atom. The number of rotatable bonds is 5. The molecule has 30 heavy (non-hydrogen) atoms. The van der Waals surface area contributed by atoms with Gasteiger partial charge in [-0.3, -0.25) is 4.57 Å². The van der Waals surface area contributed by atoms with E-state index in [-0.39, 0.29) is 0 Å². The number of benzene rings is 2. The third-order valence-corrected chi connectivity index (χ3v) is 6.73. The summed E-state index contributed by atoms with van der Waals surface area (Å²) in [6.07, 6.45) is 4.36. The lowest BCUT2D eigenvalue weighted by atomic mass is 10.1. The van der Waals surface area contributed by atoms with E-state index >= 15 is 0 Å². The van der Waals surface area contributed by atoms with E-state index in [1.54, 1.807) is 11.8 Å². The van der Waals surface area contributed by atoms with Crippen LogP contribution in [0.4, 0.5) is 0 Å². The van der Waals surface area contributed by atoms with Crippen LogP contribution in [0.3, 0.4) is 0 Å². The zero-order chi connectivity index (χ0) is 20.1. The molecule has 1 aliphatic carbocycles. The lowest BCUT2D eigenvalue weighted by molar-refractivity contribution is 0.171. The molecule has 0 unspecified atom stereocenters. The zero-order valence-electron chi connectivity index (χ0n) is 16.1. The molecule has 152 valence electrons. The number of para-hydroxylation sites is 1. The van der Waals surface area contributed by atoms with Crippen LogP contribution in [-0.4, -0.2) is 33.0 Å². The number of H-pyrrole nitrogens is 1. The maximum Gasteiger partial charge on any atom is 0.192 e. The molecule has 0 amide bonds. The topological polar surface area (TPSA) is 65.0 Å². The summed E-state index contributed by atoms with van der Waals surface area (Å²) in [5.74, 6) is 3.01. The van der Waals surface area contributed by atoms with Gasteiger partial charge in [0.05, 0.1) is 5.02 Å². The van der Waals surface area contributed by atoms with Gasteiger partial charge in [-0.05, 0) is 36.6 Å². The minimum Gasteiger partial charge on any atom is -0.486 e. The number of halogens is 1. The quantitative estimate of drug-likeness (QED) is 0.418. The average Bonchev–Trinajstić information content (AvgIpc) is 3.38. The molecule has 1 fully saturated rings. The molecule has 1 N–H and O–H groups in total. The first kappa shape index (κ1) is 18.2. The third-order valence-electron chi connectivity index (χ3n) is 5.43. The fraction of sp³-hybridized carbons (Fsp3) is 0.273. The van der Waals surface area contributed by atoms with Gasteiger partial charge in [0.2, 0.25) is 0 Å². The Morgan fingerprint density at radius 3 is 2.90 bits per heavy atom. The first-order chi connectivity index (χ1) is 14.8. The SMILES string of the molecule is Clc1cc(CSc2nnc(-c3c[nH]c4ccccc34)n2C2CC2)cc2c1OCCO2. The highest BCUT2D eigenvalue weighted by molar-refractivity contribution is 7.98. The van der Waals surface area contributed by atoms with E-state index in [0.717, 1.165) is 46.2 Å². The van der Waals surface area contributed by atoms with Gasteiger partial charge in [0, 0.05) is 34.5 Å². The van der Waals surface area contributed by atoms with Gasteiger partial charge in [0.25, 0.3) is 0 Å². The second-order valence-corrected chi connectivity index (χ2v) is 8.90. The van der Waals surface area contributed by atoms with Gasteiger partial charge in [-0.2, -0.15) is 0 Å². The minimum atomic E-state index is 0.468. The Balaban J connectivity index is 1.32. The second-order valence-electron chi connectivity index (χ2n) is 7.55. The Kier molecular flexibility index (Phi) is 4.39. The van der Waals surface area contributed by atoms with Crippen molar-refractivity contribution in [2.45, 2.75) is 29.8 Å². The van der Waals surface area contributed by atoms with E-state index in [1.807, 2.05) is 24.4 Å². The lowest BCUT2D eigenvalue weighted by Gasteiger charge is -2.20. The van der Waals surface area contributed by atoms with Crippen LogP contribution >= 0.6 is 23.4 Å². The molecule has 0 spiro atoms. The van der Waals surface area contributed by atoms with Gasteiger partial charge in [0.15, 0.2) is 22.5 Å². The van der Waals surface area contributed by atoms with Gasteiger partial charge in [-0.15, -0.1) is 10.2 Å². The number of fused-ring (bicyclic) bond motifs is 2. The highest BCUT2D eigenvalue weighted by Crippen LogP contribution is 2.43. The van der Waals surface area contributed by atoms with E-state index in [9.17, 15) is 0 Å². The molecule has 0 atom stereocenters. The molecule has 3 heterocycles. The molecule has 2 aromatic carbocycles. The largest absolute Gasteiger partial charge is 0.486 e. The molecule has 2 aromatic heterocycles. The molecule has 4 aromatic rings. The van der Waals surface area contributed by atoms with Crippen LogP contribution in [0, 0.1) is 0 Å². The number of ether oxygens (including phenoxy) is 2. The summed E-state index contributed by atoms with van der Waals surface area (Å²) in [7, 11) is 0. The van der Waals surface area contributed by atoms with Crippen molar-refractivity contribution in [3.05, 3.63) is 53.2 Å². The summed E-state index contributed by atoms with van der Waals surface area (Å²) in [5.41, 5.74) is 3.28. The van der Waals surface area contributed by atoms with Gasteiger partial charge in [-0.1, -0.05) is 41.6 Å². The zero-order valence-corrected chi connectivity index (χ0v) is 17.7. The monoisotopic (exact) mass is 438 g/mol. The van der Waals surface area contributed by atoms with Crippen LogP contribution in [0.1, 0.15) is 24.4 Å². The predicted octanol–water partition coefficient (Wildman–Crippen LogP) is 5.48. The van der Waals surface area contributed by atoms with Crippen molar-refractivity contribution >= 4 is 34.3 Å². The van der Waals surface area contributed by atoms with Gasteiger partial charge in [-0.25, -0.2) is 0 Å². The van der Waals surface area contributed by atoms with Crippen molar-refractivity contribution in [3.63, 3.8) is 0 Å². The molecule has 0 radical (unpaired) electrons. The summed E-state index contributed by atoms with van der Waals surface area (Å²) < 4.78 is 13.6. The number of hydrogen-bond donors (Lipinski definition) is 1. The van der Waals surface area contributed by atoms with E-state index in [4.69, 9.17) is 21.1 Å². The Hall–Kier alpha value is -2.64. The van der Waals surface area contributed by atoms with Gasteiger partial charge in [0.1, 0.15) is 13.2 Å². The van der Waals surface area contributed by atoms with E-state index in [1.165, 1.54) is 5.39 Å². The molecule has 8 heteroatoms. The molecular formula is C22H19ClN4O2S. The summed E-state index contributed by atoms with van der Waals surface area (Å²) in [6, 6.07) is 12.7. The number of hydrogen-bond acceptors (Lipinski definition) is 5. The molecule has 2 aliphatic rings. The summed E-state index contributed by atoms with van der Waals surface area (Å²) in [6.45, 7) is 1.08. The third kappa shape index (κ3) is 3.13. The van der Waals surface area contributed by atoms with Crippen LogP contribution in [0.25, 0.3) is 22.3 Å². The number of aromatic amines is 1. The first-order valence-corrected chi connectivity index (χ1v) is 11.4. The minimum absolute atomic E-state index is 0.468. The van der Waals surface area contributed by atoms with Crippen LogP contribution in [0.2, 0.25) is 5.02 Å². The number of thioether (sulfide) groups is 1. The van der Waals surface area contributed by atoms with Crippen LogP contribution < -0.4 is 9.47 Å². The van der Waals surface area contributed by atoms with Crippen molar-refractivity contribution in [1.82, 2.24) is 19.7 Å².